The van der Waals surface area contributed by atoms with E-state index < -0.39 is 29.4 Å². The number of ether oxygens (including phenoxy) is 1. The molecule has 6 heteroatoms. The van der Waals surface area contributed by atoms with Gasteiger partial charge in [-0.3, -0.25) is 19.7 Å². The van der Waals surface area contributed by atoms with Gasteiger partial charge in [-0.2, -0.15) is 0 Å². The molecule has 0 radical (unpaired) electrons. The summed E-state index contributed by atoms with van der Waals surface area (Å²) in [6, 6.07) is 14.8. The van der Waals surface area contributed by atoms with E-state index in [0.717, 1.165) is 16.7 Å². The topological polar surface area (TPSA) is 75.7 Å². The summed E-state index contributed by atoms with van der Waals surface area (Å²) in [5.41, 5.74) is 2.33. The summed E-state index contributed by atoms with van der Waals surface area (Å²) in [5, 5.41) is 3.43. The summed E-state index contributed by atoms with van der Waals surface area (Å²) >= 11 is 0. The average molecular weight is 435 g/mol. The summed E-state index contributed by atoms with van der Waals surface area (Å²) in [7, 11) is 0. The van der Waals surface area contributed by atoms with Crippen LogP contribution in [0.15, 0.2) is 48.5 Å². The Bertz CT molecular complexity index is 1030. The van der Waals surface area contributed by atoms with Gasteiger partial charge in [0, 0.05) is 6.04 Å². The van der Waals surface area contributed by atoms with Crippen LogP contribution in [0.3, 0.4) is 0 Å². The summed E-state index contributed by atoms with van der Waals surface area (Å²) < 4.78 is 5.45. The molecule has 2 aromatic carbocycles. The number of amides is 2. The number of imide groups is 1. The smallest absolute Gasteiger partial charge is 0.327 e. The lowest BCUT2D eigenvalue weighted by molar-refractivity contribution is -0.155. The first-order valence-corrected chi connectivity index (χ1v) is 11.3. The van der Waals surface area contributed by atoms with Crippen molar-refractivity contribution in [3.63, 3.8) is 0 Å². The minimum atomic E-state index is -1.24. The second-order valence-electron chi connectivity index (χ2n) is 8.83. The lowest BCUT2D eigenvalue weighted by Crippen LogP contribution is -2.56. The third-order valence-electron chi connectivity index (χ3n) is 6.67. The van der Waals surface area contributed by atoms with Gasteiger partial charge in [-0.25, -0.2) is 4.90 Å². The van der Waals surface area contributed by atoms with E-state index in [1.165, 1.54) is 4.90 Å². The SMILES string of the molecule is CCC[C@]1(C(=O)OCC)N[C@@H](c2ccc(C)cc2)[C@H]2C(=O)N(c3ccc(C)cc3)C(=O)[C@@H]21. The molecule has 4 rings (SSSR count). The first-order valence-electron chi connectivity index (χ1n) is 11.3. The van der Waals surface area contributed by atoms with E-state index in [4.69, 9.17) is 4.74 Å². The van der Waals surface area contributed by atoms with Gasteiger partial charge in [-0.05, 0) is 44.9 Å². The normalized spacial score (nSPS) is 27.0. The molecule has 2 aliphatic rings. The summed E-state index contributed by atoms with van der Waals surface area (Å²) in [5.74, 6) is -2.57. The number of carbonyl (C=O) groups is 3. The Balaban J connectivity index is 1.85. The lowest BCUT2D eigenvalue weighted by atomic mass is 9.77. The molecule has 0 saturated carbocycles. The van der Waals surface area contributed by atoms with Gasteiger partial charge in [0.05, 0.1) is 24.1 Å². The molecule has 168 valence electrons. The second kappa shape index (κ2) is 8.51. The number of carbonyl (C=O) groups excluding carboxylic acids is 3. The molecule has 0 aliphatic carbocycles. The molecule has 0 bridgehead atoms. The van der Waals surface area contributed by atoms with Crippen molar-refractivity contribution in [1.82, 2.24) is 5.32 Å². The summed E-state index contributed by atoms with van der Waals surface area (Å²) in [6.45, 7) is 7.88. The van der Waals surface area contributed by atoms with Crippen LogP contribution in [0.4, 0.5) is 5.69 Å². The van der Waals surface area contributed by atoms with E-state index in [1.54, 1.807) is 19.1 Å². The molecule has 2 amide bonds. The Morgan fingerprint density at radius 3 is 2.12 bits per heavy atom. The van der Waals surface area contributed by atoms with Crippen LogP contribution in [-0.2, 0) is 19.1 Å². The predicted octanol–water partition coefficient (Wildman–Crippen LogP) is 3.86. The van der Waals surface area contributed by atoms with Gasteiger partial charge < -0.3 is 4.74 Å². The molecule has 0 unspecified atom stereocenters. The number of nitrogens with zero attached hydrogens (tertiary/aromatic N) is 1. The molecule has 2 aromatic rings. The van der Waals surface area contributed by atoms with Crippen molar-refractivity contribution in [3.8, 4) is 0 Å². The van der Waals surface area contributed by atoms with Crippen LogP contribution in [0.2, 0.25) is 0 Å². The zero-order valence-electron chi connectivity index (χ0n) is 19.1. The number of rotatable bonds is 6. The van der Waals surface area contributed by atoms with E-state index in [-0.39, 0.29) is 18.4 Å². The van der Waals surface area contributed by atoms with Crippen molar-refractivity contribution in [2.45, 2.75) is 52.1 Å². The van der Waals surface area contributed by atoms with Crippen molar-refractivity contribution in [1.29, 1.82) is 0 Å². The number of nitrogens with one attached hydrogen (secondary N) is 1. The zero-order chi connectivity index (χ0) is 23.0. The molecule has 4 atom stereocenters. The highest BCUT2D eigenvalue weighted by molar-refractivity contribution is 6.24. The van der Waals surface area contributed by atoms with Gasteiger partial charge >= 0.3 is 5.97 Å². The minimum absolute atomic E-state index is 0.211. The van der Waals surface area contributed by atoms with Crippen molar-refractivity contribution in [2.75, 3.05) is 11.5 Å². The number of esters is 1. The largest absolute Gasteiger partial charge is 0.465 e. The lowest BCUT2D eigenvalue weighted by Gasteiger charge is -2.32. The van der Waals surface area contributed by atoms with Gasteiger partial charge in [0.1, 0.15) is 5.54 Å². The number of benzene rings is 2. The fraction of sp³-hybridized carbons (Fsp3) is 0.423. The Morgan fingerprint density at radius 2 is 1.56 bits per heavy atom. The van der Waals surface area contributed by atoms with Gasteiger partial charge in [0.15, 0.2) is 0 Å². The van der Waals surface area contributed by atoms with Gasteiger partial charge in [0.2, 0.25) is 11.8 Å². The van der Waals surface area contributed by atoms with Crippen LogP contribution in [0, 0.1) is 25.7 Å². The quantitative estimate of drug-likeness (QED) is 0.552. The van der Waals surface area contributed by atoms with Crippen LogP contribution in [-0.4, -0.2) is 29.9 Å². The molecule has 1 N–H and O–H groups in total. The Labute approximate surface area is 188 Å². The standard InChI is InChI=1S/C26H30N2O4/c1-5-15-26(25(31)32-6-2)21-20(22(27-26)18-11-7-16(3)8-12-18)23(29)28(24(21)30)19-13-9-17(4)10-14-19/h7-14,20-22,27H,5-6,15H2,1-4H3/t20-,21+,22-,26-/m0/s1. The van der Waals surface area contributed by atoms with E-state index >= 15 is 0 Å². The molecular formula is C26H30N2O4. The third kappa shape index (κ3) is 3.43. The fourth-order valence-corrected chi connectivity index (χ4v) is 5.18. The minimum Gasteiger partial charge on any atom is -0.465 e. The maximum Gasteiger partial charge on any atom is 0.327 e. The zero-order valence-corrected chi connectivity index (χ0v) is 19.1. The molecule has 0 spiro atoms. The van der Waals surface area contributed by atoms with E-state index in [2.05, 4.69) is 5.32 Å². The first-order chi connectivity index (χ1) is 15.3. The molecule has 2 fully saturated rings. The number of aryl methyl sites for hydroxylation is 2. The molecule has 2 saturated heterocycles. The van der Waals surface area contributed by atoms with Crippen LogP contribution < -0.4 is 10.2 Å². The molecule has 0 aromatic heterocycles. The van der Waals surface area contributed by atoms with E-state index in [1.807, 2.05) is 57.2 Å². The van der Waals surface area contributed by atoms with Gasteiger partial charge in [-0.1, -0.05) is 60.9 Å². The van der Waals surface area contributed by atoms with Crippen molar-refractivity contribution in [3.05, 3.63) is 65.2 Å². The van der Waals surface area contributed by atoms with Crippen LogP contribution >= 0.6 is 0 Å². The fourth-order valence-electron chi connectivity index (χ4n) is 5.18. The predicted molar refractivity (Wildman–Crippen MR) is 122 cm³/mol. The van der Waals surface area contributed by atoms with Crippen LogP contribution in [0.1, 0.15) is 49.4 Å². The van der Waals surface area contributed by atoms with Crippen LogP contribution in [0.5, 0.6) is 0 Å². The van der Waals surface area contributed by atoms with E-state index in [0.29, 0.717) is 18.5 Å². The maximum absolute atomic E-state index is 13.8. The van der Waals surface area contributed by atoms with Crippen LogP contribution in [0.25, 0.3) is 0 Å². The number of hydrogen-bond acceptors (Lipinski definition) is 5. The van der Waals surface area contributed by atoms with E-state index in [9.17, 15) is 14.4 Å². The van der Waals surface area contributed by atoms with Crippen molar-refractivity contribution in [2.24, 2.45) is 11.8 Å². The highest BCUT2D eigenvalue weighted by Crippen LogP contribution is 2.51. The molecule has 32 heavy (non-hydrogen) atoms. The van der Waals surface area contributed by atoms with Gasteiger partial charge in [-0.15, -0.1) is 0 Å². The second-order valence-corrected chi connectivity index (χ2v) is 8.83. The Hall–Kier alpha value is -2.99. The molecule has 2 aliphatic heterocycles. The monoisotopic (exact) mass is 434 g/mol. The summed E-state index contributed by atoms with van der Waals surface area (Å²) in [6.07, 6.45) is 1.08. The summed E-state index contributed by atoms with van der Waals surface area (Å²) in [4.78, 5) is 42.1. The van der Waals surface area contributed by atoms with Crippen molar-refractivity contribution >= 4 is 23.5 Å². The maximum atomic E-state index is 13.8. The van der Waals surface area contributed by atoms with Crippen molar-refractivity contribution < 1.29 is 19.1 Å². The number of fused-ring (bicyclic) bond motifs is 1. The Kier molecular flexibility index (Phi) is 5.91. The first kappa shape index (κ1) is 22.2. The molecule has 2 heterocycles. The molecular weight excluding hydrogens is 404 g/mol. The van der Waals surface area contributed by atoms with Gasteiger partial charge in [0.25, 0.3) is 0 Å². The highest BCUT2D eigenvalue weighted by atomic mass is 16.5. The third-order valence-corrected chi connectivity index (χ3v) is 6.67. The number of hydrogen-bond donors (Lipinski definition) is 1. The number of anilines is 1. The molecule has 6 nitrogen and oxygen atoms in total. The highest BCUT2D eigenvalue weighted by Gasteiger charge is 2.68. The Morgan fingerprint density at radius 1 is 0.969 bits per heavy atom. The average Bonchev–Trinajstić information content (AvgIpc) is 3.25.